The van der Waals surface area contributed by atoms with E-state index in [0.29, 0.717) is 11.6 Å². The van der Waals surface area contributed by atoms with Crippen LogP contribution in [-0.2, 0) is 13.5 Å². The van der Waals surface area contributed by atoms with Gasteiger partial charge in [0.1, 0.15) is 0 Å². The fourth-order valence-electron chi connectivity index (χ4n) is 3.26. The molecule has 0 spiro atoms. The number of hydrogen-bond acceptors (Lipinski definition) is 3. The lowest BCUT2D eigenvalue weighted by atomic mass is 9.92. The van der Waals surface area contributed by atoms with E-state index in [2.05, 4.69) is 42.2 Å². The fourth-order valence-corrected chi connectivity index (χ4v) is 3.26. The number of hydrogen-bond donors (Lipinski definition) is 1. The lowest BCUT2D eigenvalue weighted by Crippen LogP contribution is -2.51. The Labute approximate surface area is 123 Å². The van der Waals surface area contributed by atoms with E-state index in [0.717, 1.165) is 19.5 Å². The van der Waals surface area contributed by atoms with E-state index in [1.165, 1.54) is 31.5 Å². The highest BCUT2D eigenvalue weighted by atomic mass is 15.3. The second-order valence-electron chi connectivity index (χ2n) is 6.22. The summed E-state index contributed by atoms with van der Waals surface area (Å²) in [6.45, 7) is 10.4. The van der Waals surface area contributed by atoms with Crippen molar-refractivity contribution in [1.82, 2.24) is 20.0 Å². The van der Waals surface area contributed by atoms with Gasteiger partial charge >= 0.3 is 0 Å². The molecule has 1 saturated heterocycles. The molecule has 1 atom stereocenters. The first-order chi connectivity index (χ1) is 9.60. The van der Waals surface area contributed by atoms with Crippen molar-refractivity contribution in [2.75, 3.05) is 19.6 Å². The third-order valence-corrected chi connectivity index (χ3v) is 5.12. The highest BCUT2D eigenvalue weighted by Crippen LogP contribution is 2.22. The molecule has 1 aliphatic rings. The van der Waals surface area contributed by atoms with E-state index >= 15 is 0 Å². The Kier molecular flexibility index (Phi) is 5.22. The van der Waals surface area contributed by atoms with Crippen molar-refractivity contribution >= 4 is 0 Å². The SMILES string of the molecule is CCC1(CC)CN(CCc2ccnn2C)C(C)CCN1. The topological polar surface area (TPSA) is 33.1 Å². The summed E-state index contributed by atoms with van der Waals surface area (Å²) >= 11 is 0. The molecular weight excluding hydrogens is 248 g/mol. The van der Waals surface area contributed by atoms with E-state index in [4.69, 9.17) is 0 Å². The molecule has 0 aliphatic carbocycles. The molecule has 0 aromatic carbocycles. The van der Waals surface area contributed by atoms with Gasteiger partial charge in [0.05, 0.1) is 0 Å². The van der Waals surface area contributed by atoms with Gasteiger partial charge in [0.15, 0.2) is 0 Å². The number of nitrogens with one attached hydrogen (secondary N) is 1. The number of aromatic nitrogens is 2. The molecule has 1 fully saturated rings. The van der Waals surface area contributed by atoms with Crippen molar-refractivity contribution in [2.45, 2.75) is 58.0 Å². The van der Waals surface area contributed by atoms with Crippen molar-refractivity contribution in [2.24, 2.45) is 7.05 Å². The highest BCUT2D eigenvalue weighted by Gasteiger charge is 2.32. The molecule has 1 unspecified atom stereocenters. The van der Waals surface area contributed by atoms with Gasteiger partial charge in [-0.05, 0) is 38.8 Å². The largest absolute Gasteiger partial charge is 0.310 e. The van der Waals surface area contributed by atoms with Crippen LogP contribution in [-0.4, -0.2) is 45.9 Å². The van der Waals surface area contributed by atoms with Crippen LogP contribution in [0.4, 0.5) is 0 Å². The summed E-state index contributed by atoms with van der Waals surface area (Å²) in [5.74, 6) is 0. The molecule has 4 nitrogen and oxygen atoms in total. The second kappa shape index (κ2) is 6.72. The zero-order chi connectivity index (χ0) is 14.6. The molecule has 0 amide bonds. The maximum Gasteiger partial charge on any atom is 0.0492 e. The van der Waals surface area contributed by atoms with Crippen LogP contribution in [0.2, 0.25) is 0 Å². The van der Waals surface area contributed by atoms with Gasteiger partial charge in [0, 0.05) is 50.0 Å². The molecule has 2 heterocycles. The van der Waals surface area contributed by atoms with Crippen molar-refractivity contribution in [3.8, 4) is 0 Å². The van der Waals surface area contributed by atoms with Gasteiger partial charge in [-0.2, -0.15) is 5.10 Å². The molecule has 0 bridgehead atoms. The molecule has 1 aliphatic heterocycles. The Morgan fingerprint density at radius 3 is 2.75 bits per heavy atom. The quantitative estimate of drug-likeness (QED) is 0.896. The number of rotatable bonds is 5. The van der Waals surface area contributed by atoms with Gasteiger partial charge in [0.25, 0.3) is 0 Å². The maximum atomic E-state index is 4.26. The van der Waals surface area contributed by atoms with E-state index in [9.17, 15) is 0 Å². The molecule has 0 radical (unpaired) electrons. The standard InChI is InChI=1S/C16H30N4/c1-5-16(6-2)13-20(14(3)7-10-17-16)12-9-15-8-11-18-19(15)4/h8,11,14,17H,5-7,9-10,12-13H2,1-4H3. The van der Waals surface area contributed by atoms with E-state index in [1.54, 1.807) is 0 Å². The Hall–Kier alpha value is -0.870. The van der Waals surface area contributed by atoms with Gasteiger partial charge < -0.3 is 5.32 Å². The zero-order valence-corrected chi connectivity index (χ0v) is 13.5. The second-order valence-corrected chi connectivity index (χ2v) is 6.22. The predicted octanol–water partition coefficient (Wildman–Crippen LogP) is 2.21. The van der Waals surface area contributed by atoms with Crippen LogP contribution >= 0.6 is 0 Å². The molecule has 4 heteroatoms. The molecular formula is C16H30N4. The van der Waals surface area contributed by atoms with Crippen molar-refractivity contribution in [3.63, 3.8) is 0 Å². The van der Waals surface area contributed by atoms with Gasteiger partial charge in [-0.3, -0.25) is 9.58 Å². The summed E-state index contributed by atoms with van der Waals surface area (Å²) in [5.41, 5.74) is 1.63. The maximum absolute atomic E-state index is 4.26. The molecule has 1 aromatic heterocycles. The summed E-state index contributed by atoms with van der Waals surface area (Å²) in [5, 5.41) is 8.06. The molecule has 0 saturated carbocycles. The first-order valence-electron chi connectivity index (χ1n) is 8.06. The van der Waals surface area contributed by atoms with Crippen LogP contribution < -0.4 is 5.32 Å². The lowest BCUT2D eigenvalue weighted by molar-refractivity contribution is 0.160. The van der Waals surface area contributed by atoms with Crippen LogP contribution in [0.5, 0.6) is 0 Å². The predicted molar refractivity (Wildman–Crippen MR) is 83.9 cm³/mol. The van der Waals surface area contributed by atoms with Gasteiger partial charge in [0.2, 0.25) is 0 Å². The third-order valence-electron chi connectivity index (χ3n) is 5.12. The summed E-state index contributed by atoms with van der Waals surface area (Å²) in [4.78, 5) is 2.67. The van der Waals surface area contributed by atoms with Gasteiger partial charge in [-0.15, -0.1) is 0 Å². The monoisotopic (exact) mass is 278 g/mol. The molecule has 114 valence electrons. The Bertz CT molecular complexity index is 408. The van der Waals surface area contributed by atoms with Crippen LogP contribution in [0.3, 0.4) is 0 Å². The average Bonchev–Trinajstić information content (AvgIpc) is 2.79. The summed E-state index contributed by atoms with van der Waals surface area (Å²) in [6.07, 6.45) is 6.64. The highest BCUT2D eigenvalue weighted by molar-refractivity contribution is 5.01. The molecule has 1 N–H and O–H groups in total. The first-order valence-corrected chi connectivity index (χ1v) is 8.06. The fraction of sp³-hybridized carbons (Fsp3) is 0.812. The van der Waals surface area contributed by atoms with Crippen molar-refractivity contribution in [3.05, 3.63) is 18.0 Å². The van der Waals surface area contributed by atoms with Crippen molar-refractivity contribution in [1.29, 1.82) is 0 Å². The minimum Gasteiger partial charge on any atom is -0.310 e. The van der Waals surface area contributed by atoms with Crippen LogP contribution in [0.25, 0.3) is 0 Å². The smallest absolute Gasteiger partial charge is 0.0492 e. The summed E-state index contributed by atoms with van der Waals surface area (Å²) < 4.78 is 1.99. The minimum atomic E-state index is 0.303. The summed E-state index contributed by atoms with van der Waals surface area (Å²) in [6, 6.07) is 2.80. The normalized spacial score (nSPS) is 23.7. The van der Waals surface area contributed by atoms with Gasteiger partial charge in [-0.1, -0.05) is 13.8 Å². The first kappa shape index (κ1) is 15.5. The van der Waals surface area contributed by atoms with E-state index in [-0.39, 0.29) is 0 Å². The Morgan fingerprint density at radius 2 is 2.15 bits per heavy atom. The Balaban J connectivity index is 2.01. The summed E-state index contributed by atoms with van der Waals surface area (Å²) in [7, 11) is 2.03. The van der Waals surface area contributed by atoms with Crippen LogP contribution in [0, 0.1) is 0 Å². The number of nitrogens with zero attached hydrogens (tertiary/aromatic N) is 3. The van der Waals surface area contributed by atoms with Crippen molar-refractivity contribution < 1.29 is 0 Å². The molecule has 20 heavy (non-hydrogen) atoms. The third kappa shape index (κ3) is 3.41. The Morgan fingerprint density at radius 1 is 1.40 bits per heavy atom. The lowest BCUT2D eigenvalue weighted by Gasteiger charge is -2.37. The van der Waals surface area contributed by atoms with Crippen LogP contribution in [0.1, 0.15) is 45.7 Å². The number of aryl methyl sites for hydroxylation is 1. The van der Waals surface area contributed by atoms with E-state index in [1.807, 2.05) is 17.9 Å². The molecule has 2 rings (SSSR count). The van der Waals surface area contributed by atoms with E-state index < -0.39 is 0 Å². The minimum absolute atomic E-state index is 0.303. The zero-order valence-electron chi connectivity index (χ0n) is 13.5. The molecule has 1 aromatic rings. The van der Waals surface area contributed by atoms with Gasteiger partial charge in [-0.25, -0.2) is 0 Å². The van der Waals surface area contributed by atoms with Crippen LogP contribution in [0.15, 0.2) is 12.3 Å². The average molecular weight is 278 g/mol.